The SMILES string of the molecule is CCNc1nc(OCC2CCCO2)nc(-n2cccn2)n1. The summed E-state index contributed by atoms with van der Waals surface area (Å²) in [5.74, 6) is 0.897. The maximum absolute atomic E-state index is 5.65. The number of hydrogen-bond donors (Lipinski definition) is 1. The Hall–Kier alpha value is -2.22. The van der Waals surface area contributed by atoms with Crippen LogP contribution in [0, 0.1) is 0 Å². The van der Waals surface area contributed by atoms with Crippen molar-refractivity contribution in [1.29, 1.82) is 0 Å². The molecule has 1 unspecified atom stereocenters. The van der Waals surface area contributed by atoms with E-state index in [2.05, 4.69) is 25.4 Å². The average Bonchev–Trinajstić information content (AvgIpc) is 3.19. The maximum atomic E-state index is 5.65. The lowest BCUT2D eigenvalue weighted by Crippen LogP contribution is -2.18. The molecule has 0 spiro atoms. The van der Waals surface area contributed by atoms with E-state index >= 15 is 0 Å². The topological polar surface area (TPSA) is 87.0 Å². The van der Waals surface area contributed by atoms with E-state index in [0.717, 1.165) is 19.4 Å². The minimum Gasteiger partial charge on any atom is -0.461 e. The highest BCUT2D eigenvalue weighted by molar-refractivity contribution is 5.29. The van der Waals surface area contributed by atoms with Crippen LogP contribution in [0.3, 0.4) is 0 Å². The highest BCUT2D eigenvalue weighted by atomic mass is 16.5. The molecule has 8 heteroatoms. The average molecular weight is 290 g/mol. The molecule has 8 nitrogen and oxygen atoms in total. The second-order valence-electron chi connectivity index (χ2n) is 4.67. The smallest absolute Gasteiger partial charge is 0.323 e. The zero-order valence-corrected chi connectivity index (χ0v) is 11.9. The Balaban J connectivity index is 1.77. The number of hydrogen-bond acceptors (Lipinski definition) is 7. The van der Waals surface area contributed by atoms with Gasteiger partial charge in [-0.1, -0.05) is 0 Å². The van der Waals surface area contributed by atoms with Gasteiger partial charge in [0.25, 0.3) is 5.95 Å². The molecule has 112 valence electrons. The van der Waals surface area contributed by atoms with Gasteiger partial charge in [-0.15, -0.1) is 0 Å². The third-order valence-corrected chi connectivity index (χ3v) is 3.07. The summed E-state index contributed by atoms with van der Waals surface area (Å²) in [5, 5.41) is 7.19. The van der Waals surface area contributed by atoms with Crippen LogP contribution in [0.1, 0.15) is 19.8 Å². The molecule has 2 aromatic rings. The minimum atomic E-state index is 0.123. The normalized spacial score (nSPS) is 17.9. The van der Waals surface area contributed by atoms with Gasteiger partial charge in [-0.05, 0) is 25.8 Å². The highest BCUT2D eigenvalue weighted by Gasteiger charge is 2.17. The fraction of sp³-hybridized carbons (Fsp3) is 0.538. The second-order valence-corrected chi connectivity index (χ2v) is 4.67. The van der Waals surface area contributed by atoms with Crippen molar-refractivity contribution < 1.29 is 9.47 Å². The van der Waals surface area contributed by atoms with Crippen LogP contribution in [0.15, 0.2) is 18.5 Å². The Morgan fingerprint density at radius 2 is 2.38 bits per heavy atom. The fourth-order valence-electron chi connectivity index (χ4n) is 2.08. The molecular formula is C13H18N6O2. The van der Waals surface area contributed by atoms with Crippen LogP contribution < -0.4 is 10.1 Å². The Bertz CT molecular complexity index is 568. The molecule has 1 atom stereocenters. The van der Waals surface area contributed by atoms with Crippen molar-refractivity contribution in [2.75, 3.05) is 25.1 Å². The maximum Gasteiger partial charge on any atom is 0.323 e. The predicted molar refractivity (Wildman–Crippen MR) is 75.6 cm³/mol. The second kappa shape index (κ2) is 6.49. The van der Waals surface area contributed by atoms with Gasteiger partial charge in [0.1, 0.15) is 6.61 Å². The molecule has 0 radical (unpaired) electrons. The van der Waals surface area contributed by atoms with Crippen molar-refractivity contribution in [3.8, 4) is 12.0 Å². The van der Waals surface area contributed by atoms with E-state index in [4.69, 9.17) is 9.47 Å². The van der Waals surface area contributed by atoms with Crippen LogP contribution in [-0.4, -0.2) is 50.6 Å². The van der Waals surface area contributed by atoms with Crippen molar-refractivity contribution in [2.45, 2.75) is 25.9 Å². The van der Waals surface area contributed by atoms with Crippen molar-refractivity contribution in [2.24, 2.45) is 0 Å². The summed E-state index contributed by atoms with van der Waals surface area (Å²) < 4.78 is 12.7. The Morgan fingerprint density at radius 1 is 1.43 bits per heavy atom. The zero-order chi connectivity index (χ0) is 14.5. The van der Waals surface area contributed by atoms with Gasteiger partial charge in [0.2, 0.25) is 5.95 Å². The lowest BCUT2D eigenvalue weighted by atomic mass is 10.2. The summed E-state index contributed by atoms with van der Waals surface area (Å²) in [6.07, 6.45) is 5.65. The number of anilines is 1. The van der Waals surface area contributed by atoms with E-state index in [0.29, 0.717) is 25.0 Å². The first-order valence-electron chi connectivity index (χ1n) is 7.09. The van der Waals surface area contributed by atoms with E-state index in [1.807, 2.05) is 13.0 Å². The Kier molecular flexibility index (Phi) is 4.25. The van der Waals surface area contributed by atoms with E-state index < -0.39 is 0 Å². The molecule has 0 aromatic carbocycles. The van der Waals surface area contributed by atoms with Crippen LogP contribution in [0.4, 0.5) is 5.95 Å². The van der Waals surface area contributed by atoms with Crippen LogP contribution in [0.25, 0.3) is 5.95 Å². The first kappa shape index (κ1) is 13.7. The highest BCUT2D eigenvalue weighted by Crippen LogP contribution is 2.15. The molecule has 0 amide bonds. The van der Waals surface area contributed by atoms with Gasteiger partial charge in [0.15, 0.2) is 0 Å². The van der Waals surface area contributed by atoms with Crippen molar-refractivity contribution >= 4 is 5.95 Å². The molecule has 0 saturated carbocycles. The van der Waals surface area contributed by atoms with E-state index in [-0.39, 0.29) is 12.1 Å². The van der Waals surface area contributed by atoms with Gasteiger partial charge in [0, 0.05) is 25.5 Å². The molecule has 0 aliphatic carbocycles. The molecule has 1 fully saturated rings. The number of nitrogens with one attached hydrogen (secondary N) is 1. The first-order valence-corrected chi connectivity index (χ1v) is 7.09. The van der Waals surface area contributed by atoms with E-state index in [1.54, 1.807) is 17.1 Å². The molecule has 0 bridgehead atoms. The third kappa shape index (κ3) is 3.46. The molecule has 1 saturated heterocycles. The number of rotatable bonds is 6. The van der Waals surface area contributed by atoms with Gasteiger partial charge in [-0.3, -0.25) is 0 Å². The number of aromatic nitrogens is 5. The summed E-state index contributed by atoms with van der Waals surface area (Å²) in [5.41, 5.74) is 0. The van der Waals surface area contributed by atoms with Gasteiger partial charge < -0.3 is 14.8 Å². The van der Waals surface area contributed by atoms with Crippen LogP contribution in [0.5, 0.6) is 6.01 Å². The molecule has 1 aliphatic heterocycles. The van der Waals surface area contributed by atoms with E-state index in [9.17, 15) is 0 Å². The molecule has 21 heavy (non-hydrogen) atoms. The lowest BCUT2D eigenvalue weighted by Gasteiger charge is -2.11. The number of nitrogens with zero attached hydrogens (tertiary/aromatic N) is 5. The van der Waals surface area contributed by atoms with Gasteiger partial charge >= 0.3 is 6.01 Å². The predicted octanol–water partition coefficient (Wildman–Crippen LogP) is 1.05. The van der Waals surface area contributed by atoms with Crippen molar-refractivity contribution in [1.82, 2.24) is 24.7 Å². The lowest BCUT2D eigenvalue weighted by molar-refractivity contribution is 0.0644. The van der Waals surface area contributed by atoms with Crippen LogP contribution in [0.2, 0.25) is 0 Å². The van der Waals surface area contributed by atoms with Crippen molar-refractivity contribution in [3.63, 3.8) is 0 Å². The molecule has 2 aromatic heterocycles. The molecule has 3 rings (SSSR count). The largest absolute Gasteiger partial charge is 0.461 e. The molecule has 1 N–H and O–H groups in total. The zero-order valence-electron chi connectivity index (χ0n) is 11.9. The number of ether oxygens (including phenoxy) is 2. The summed E-state index contributed by atoms with van der Waals surface area (Å²) in [6.45, 7) is 3.94. The monoisotopic (exact) mass is 290 g/mol. The summed E-state index contributed by atoms with van der Waals surface area (Å²) in [7, 11) is 0. The quantitative estimate of drug-likeness (QED) is 0.850. The Morgan fingerprint density at radius 3 is 3.10 bits per heavy atom. The molecular weight excluding hydrogens is 272 g/mol. The summed E-state index contributed by atoms with van der Waals surface area (Å²) in [6, 6.07) is 2.09. The molecule has 3 heterocycles. The van der Waals surface area contributed by atoms with E-state index in [1.165, 1.54) is 0 Å². The van der Waals surface area contributed by atoms with Gasteiger partial charge in [0.05, 0.1) is 6.10 Å². The fourth-order valence-corrected chi connectivity index (χ4v) is 2.08. The van der Waals surface area contributed by atoms with Gasteiger partial charge in [-0.25, -0.2) is 4.68 Å². The Labute approximate surface area is 122 Å². The van der Waals surface area contributed by atoms with Crippen LogP contribution in [-0.2, 0) is 4.74 Å². The minimum absolute atomic E-state index is 0.123. The molecule has 1 aliphatic rings. The van der Waals surface area contributed by atoms with Gasteiger partial charge in [-0.2, -0.15) is 20.1 Å². The summed E-state index contributed by atoms with van der Waals surface area (Å²) >= 11 is 0. The van der Waals surface area contributed by atoms with Crippen molar-refractivity contribution in [3.05, 3.63) is 18.5 Å². The summed E-state index contributed by atoms with van der Waals surface area (Å²) in [4.78, 5) is 12.8. The first-order chi connectivity index (χ1) is 10.3. The standard InChI is InChI=1S/C13H18N6O2/c1-2-14-11-16-12(19-7-4-6-15-19)18-13(17-11)21-9-10-5-3-8-20-10/h4,6-7,10H,2-3,5,8-9H2,1H3,(H,14,16,17,18). The van der Waals surface area contributed by atoms with Crippen LogP contribution >= 0.6 is 0 Å². The third-order valence-electron chi connectivity index (χ3n) is 3.07.